The highest BCUT2D eigenvalue weighted by Gasteiger charge is 2.49. The third-order valence-electron chi connectivity index (χ3n) is 9.21. The van der Waals surface area contributed by atoms with E-state index in [1.54, 1.807) is 24.3 Å². The first-order valence-electron chi connectivity index (χ1n) is 14.9. The first kappa shape index (κ1) is 27.9. The fourth-order valence-corrected chi connectivity index (χ4v) is 7.17. The standard InChI is InChI=1S/C33H32F3N5O2/c1-2-23-26(35)11-10-20-7-5-9-24(27(20)23)29-28(36)30-25(16-37-29)31(40-13-4-3-8-22(42)18-40)39-32(38-30)43-19-33-12-6-14-41(33)17-21(34)15-33/h1,5,7,9-11,16,21-22,42H,3-4,6,8,12-15,17-19H2/t21?,22?,33-/m0/s1. The maximum atomic E-state index is 16.6. The van der Waals surface area contributed by atoms with Gasteiger partial charge in [0, 0.05) is 43.2 Å². The molecule has 0 amide bonds. The predicted molar refractivity (Wildman–Crippen MR) is 159 cm³/mol. The molecule has 0 aliphatic carbocycles. The van der Waals surface area contributed by atoms with Crippen LogP contribution in [-0.2, 0) is 0 Å². The number of hydrogen-bond acceptors (Lipinski definition) is 7. The summed E-state index contributed by atoms with van der Waals surface area (Å²) in [7, 11) is 0. The highest BCUT2D eigenvalue weighted by molar-refractivity contribution is 6.02. The van der Waals surface area contributed by atoms with Gasteiger partial charge >= 0.3 is 6.01 Å². The van der Waals surface area contributed by atoms with Crippen LogP contribution >= 0.6 is 0 Å². The molecule has 2 aromatic carbocycles. The molecule has 43 heavy (non-hydrogen) atoms. The number of halogens is 3. The molecule has 2 aromatic heterocycles. The number of nitrogens with zero attached hydrogens (tertiary/aromatic N) is 5. The van der Waals surface area contributed by atoms with Gasteiger partial charge < -0.3 is 14.7 Å². The molecule has 5 heterocycles. The first-order chi connectivity index (χ1) is 20.9. The summed E-state index contributed by atoms with van der Waals surface area (Å²) in [5.74, 6) is 1.53. The topological polar surface area (TPSA) is 74.6 Å². The number of aromatic nitrogens is 3. The second-order valence-electron chi connectivity index (χ2n) is 11.9. The van der Waals surface area contributed by atoms with E-state index >= 15 is 4.39 Å². The number of β-amino-alcohol motifs (C(OH)–C–C–N with tert-alkyl or cyclic N) is 1. The van der Waals surface area contributed by atoms with Gasteiger partial charge in [-0.05, 0) is 50.1 Å². The predicted octanol–water partition coefficient (Wildman–Crippen LogP) is 5.41. The van der Waals surface area contributed by atoms with Crippen molar-refractivity contribution in [3.63, 3.8) is 0 Å². The third kappa shape index (κ3) is 4.85. The number of fused-ring (bicyclic) bond motifs is 3. The van der Waals surface area contributed by atoms with Gasteiger partial charge in [-0.25, -0.2) is 13.2 Å². The molecule has 0 radical (unpaired) electrons. The molecule has 0 saturated carbocycles. The highest BCUT2D eigenvalue weighted by atomic mass is 19.1. The molecule has 3 saturated heterocycles. The zero-order valence-electron chi connectivity index (χ0n) is 23.7. The summed E-state index contributed by atoms with van der Waals surface area (Å²) in [6, 6.07) is 8.06. The molecule has 4 aromatic rings. The van der Waals surface area contributed by atoms with Crippen molar-refractivity contribution in [2.24, 2.45) is 0 Å². The Hall–Kier alpha value is -3.94. The summed E-state index contributed by atoms with van der Waals surface area (Å²) in [6.45, 7) is 2.32. The van der Waals surface area contributed by atoms with Crippen LogP contribution in [0.25, 0.3) is 32.9 Å². The van der Waals surface area contributed by atoms with Gasteiger partial charge in [-0.1, -0.05) is 30.2 Å². The first-order valence-corrected chi connectivity index (χ1v) is 14.9. The van der Waals surface area contributed by atoms with E-state index in [0.717, 1.165) is 32.2 Å². The van der Waals surface area contributed by atoms with Crippen LogP contribution in [0.3, 0.4) is 0 Å². The number of ether oxygens (including phenoxy) is 1. The van der Waals surface area contributed by atoms with Crippen LogP contribution in [0.4, 0.5) is 19.0 Å². The fourth-order valence-electron chi connectivity index (χ4n) is 7.17. The molecular weight excluding hydrogens is 555 g/mol. The van der Waals surface area contributed by atoms with E-state index in [1.807, 2.05) is 4.90 Å². The number of anilines is 1. The lowest BCUT2D eigenvalue weighted by Gasteiger charge is -2.31. The van der Waals surface area contributed by atoms with E-state index in [-0.39, 0.29) is 29.4 Å². The molecule has 2 unspecified atom stereocenters. The molecule has 1 N–H and O–H groups in total. The van der Waals surface area contributed by atoms with Crippen molar-refractivity contribution in [2.75, 3.05) is 37.7 Å². The Kier molecular flexibility index (Phi) is 7.10. The van der Waals surface area contributed by atoms with Crippen molar-refractivity contribution in [3.05, 3.63) is 53.7 Å². The Morgan fingerprint density at radius 2 is 1.98 bits per heavy atom. The fraction of sp³-hybridized carbons (Fsp3) is 0.424. The molecule has 3 atom stereocenters. The van der Waals surface area contributed by atoms with Crippen molar-refractivity contribution in [1.82, 2.24) is 19.9 Å². The number of rotatable bonds is 5. The van der Waals surface area contributed by atoms with Gasteiger partial charge in [-0.3, -0.25) is 9.88 Å². The van der Waals surface area contributed by atoms with Crippen molar-refractivity contribution in [2.45, 2.75) is 56.3 Å². The zero-order valence-corrected chi connectivity index (χ0v) is 23.7. The number of pyridine rings is 1. The van der Waals surface area contributed by atoms with E-state index in [9.17, 15) is 13.9 Å². The molecule has 222 valence electrons. The largest absolute Gasteiger partial charge is 0.461 e. The van der Waals surface area contributed by atoms with Crippen LogP contribution in [0.15, 0.2) is 36.5 Å². The maximum absolute atomic E-state index is 16.6. The van der Waals surface area contributed by atoms with Gasteiger partial charge in [-0.15, -0.1) is 6.42 Å². The average molecular weight is 588 g/mol. The minimum Gasteiger partial charge on any atom is -0.461 e. The quantitative estimate of drug-likeness (QED) is 0.313. The van der Waals surface area contributed by atoms with Crippen LogP contribution in [-0.4, -0.2) is 75.6 Å². The molecule has 3 aliphatic heterocycles. The van der Waals surface area contributed by atoms with Crippen molar-refractivity contribution >= 4 is 27.5 Å². The zero-order chi connectivity index (χ0) is 29.7. The molecule has 3 fully saturated rings. The number of hydrogen-bond donors (Lipinski definition) is 1. The Morgan fingerprint density at radius 3 is 2.84 bits per heavy atom. The van der Waals surface area contributed by atoms with E-state index in [1.165, 1.54) is 12.3 Å². The van der Waals surface area contributed by atoms with Gasteiger partial charge in [0.1, 0.15) is 35.6 Å². The SMILES string of the molecule is C#Cc1c(F)ccc2cccc(-c3ncc4c(N5CCCCC(O)C5)nc(OC[C@@]56CCCN5CC(F)C6)nc4c3F)c12. The summed E-state index contributed by atoms with van der Waals surface area (Å²) in [5, 5.41) is 12.0. The molecular formula is C33H32F3N5O2. The maximum Gasteiger partial charge on any atom is 0.319 e. The molecule has 0 spiro atoms. The second-order valence-corrected chi connectivity index (χ2v) is 11.9. The Labute approximate surface area is 247 Å². The molecule has 7 rings (SSSR count). The summed E-state index contributed by atoms with van der Waals surface area (Å²) in [4.78, 5) is 17.8. The summed E-state index contributed by atoms with van der Waals surface area (Å²) < 4.78 is 51.9. The van der Waals surface area contributed by atoms with E-state index < -0.39 is 29.4 Å². The molecule has 7 nitrogen and oxygen atoms in total. The molecule has 3 aliphatic rings. The minimum atomic E-state index is -0.917. The van der Waals surface area contributed by atoms with Crippen LogP contribution in [0.2, 0.25) is 0 Å². The van der Waals surface area contributed by atoms with Crippen molar-refractivity contribution in [3.8, 4) is 29.6 Å². The van der Waals surface area contributed by atoms with Crippen molar-refractivity contribution in [1.29, 1.82) is 0 Å². The van der Waals surface area contributed by atoms with Gasteiger partial charge in [0.2, 0.25) is 0 Å². The summed E-state index contributed by atoms with van der Waals surface area (Å²) >= 11 is 0. The van der Waals surface area contributed by atoms with Crippen LogP contribution in [0, 0.1) is 24.0 Å². The Bertz CT molecular complexity index is 1760. The van der Waals surface area contributed by atoms with Gasteiger partial charge in [0.05, 0.1) is 22.6 Å². The van der Waals surface area contributed by atoms with Crippen molar-refractivity contribution < 1.29 is 23.0 Å². The lowest BCUT2D eigenvalue weighted by molar-refractivity contribution is 0.107. The average Bonchev–Trinajstić information content (AvgIpc) is 3.43. The number of alkyl halides is 1. The third-order valence-corrected chi connectivity index (χ3v) is 9.21. The Balaban J connectivity index is 1.37. The normalized spacial score (nSPS) is 24.3. The van der Waals surface area contributed by atoms with E-state index in [4.69, 9.17) is 16.1 Å². The van der Waals surface area contributed by atoms with Crippen LogP contribution < -0.4 is 9.64 Å². The molecule has 10 heteroatoms. The number of terminal acetylenes is 1. The minimum absolute atomic E-state index is 0.00466. The lowest BCUT2D eigenvalue weighted by atomic mass is 9.95. The summed E-state index contributed by atoms with van der Waals surface area (Å²) in [5.41, 5.74) is -0.0866. The smallest absolute Gasteiger partial charge is 0.319 e. The number of benzene rings is 2. The van der Waals surface area contributed by atoms with E-state index in [2.05, 4.69) is 20.8 Å². The van der Waals surface area contributed by atoms with Crippen LogP contribution in [0.1, 0.15) is 44.1 Å². The van der Waals surface area contributed by atoms with Crippen LogP contribution in [0.5, 0.6) is 6.01 Å². The Morgan fingerprint density at radius 1 is 1.09 bits per heavy atom. The van der Waals surface area contributed by atoms with Gasteiger partial charge in [0.25, 0.3) is 0 Å². The van der Waals surface area contributed by atoms with Gasteiger partial charge in [-0.2, -0.15) is 9.97 Å². The number of aliphatic hydroxyl groups excluding tert-OH is 1. The lowest BCUT2D eigenvalue weighted by Crippen LogP contribution is -2.43. The summed E-state index contributed by atoms with van der Waals surface area (Å²) in [6.07, 6.45) is 10.2. The van der Waals surface area contributed by atoms with E-state index in [0.29, 0.717) is 60.0 Å². The highest BCUT2D eigenvalue weighted by Crippen LogP contribution is 2.41. The number of aliphatic hydroxyl groups is 1. The monoisotopic (exact) mass is 587 g/mol. The molecule has 0 bridgehead atoms. The second kappa shape index (κ2) is 11.0. The van der Waals surface area contributed by atoms with Gasteiger partial charge in [0.15, 0.2) is 5.82 Å².